The molecule has 0 aliphatic rings. The van der Waals surface area contributed by atoms with E-state index < -0.39 is 0 Å². The Morgan fingerprint density at radius 3 is 2.58 bits per heavy atom. The zero-order valence-corrected chi connectivity index (χ0v) is 11.4. The molecular formula is C13H10BrN5. The van der Waals surface area contributed by atoms with Gasteiger partial charge in [-0.1, -0.05) is 30.3 Å². The van der Waals surface area contributed by atoms with E-state index in [-0.39, 0.29) is 0 Å². The molecule has 0 unspecified atom stereocenters. The topological polar surface area (TPSA) is 69.6 Å². The molecule has 2 N–H and O–H groups in total. The summed E-state index contributed by atoms with van der Waals surface area (Å²) in [6.45, 7) is 0. The third-order valence-corrected chi connectivity index (χ3v) is 3.34. The molecule has 6 heteroatoms. The second kappa shape index (κ2) is 4.81. The Morgan fingerprint density at radius 2 is 1.84 bits per heavy atom. The maximum Gasteiger partial charge on any atom is 0.187 e. The molecule has 0 fully saturated rings. The van der Waals surface area contributed by atoms with Crippen molar-refractivity contribution >= 4 is 21.6 Å². The molecule has 0 radical (unpaired) electrons. The Bertz CT molecular complexity index is 708. The first kappa shape index (κ1) is 11.9. The molecule has 0 aliphatic heterocycles. The molecule has 1 aromatic heterocycles. The quantitative estimate of drug-likeness (QED) is 0.738. The zero-order chi connectivity index (χ0) is 13.2. The van der Waals surface area contributed by atoms with Crippen molar-refractivity contribution in [3.63, 3.8) is 0 Å². The van der Waals surface area contributed by atoms with Crippen LogP contribution in [0.25, 0.3) is 17.1 Å². The number of nitrogens with two attached hydrogens (primary N) is 1. The lowest BCUT2D eigenvalue weighted by molar-refractivity contribution is 0.789. The van der Waals surface area contributed by atoms with E-state index >= 15 is 0 Å². The van der Waals surface area contributed by atoms with E-state index in [1.54, 1.807) is 4.68 Å². The van der Waals surface area contributed by atoms with E-state index in [9.17, 15) is 0 Å². The summed E-state index contributed by atoms with van der Waals surface area (Å²) in [5.74, 6) is 0.686. The Labute approximate surface area is 118 Å². The summed E-state index contributed by atoms with van der Waals surface area (Å²) in [5.41, 5.74) is 8.22. The molecule has 0 amide bonds. The monoisotopic (exact) mass is 315 g/mol. The molecule has 0 saturated heterocycles. The van der Waals surface area contributed by atoms with Crippen LogP contribution in [0.2, 0.25) is 0 Å². The van der Waals surface area contributed by atoms with Gasteiger partial charge in [0.15, 0.2) is 5.82 Å². The van der Waals surface area contributed by atoms with Crippen molar-refractivity contribution in [2.75, 3.05) is 5.73 Å². The average molecular weight is 316 g/mol. The van der Waals surface area contributed by atoms with Gasteiger partial charge in [0.25, 0.3) is 0 Å². The molecule has 19 heavy (non-hydrogen) atoms. The number of benzene rings is 2. The second-order valence-corrected chi connectivity index (χ2v) is 4.85. The highest BCUT2D eigenvalue weighted by Crippen LogP contribution is 2.26. The normalized spacial score (nSPS) is 10.6. The fraction of sp³-hybridized carbons (Fsp3) is 0. The highest BCUT2D eigenvalue weighted by molar-refractivity contribution is 9.10. The molecule has 94 valence electrons. The van der Waals surface area contributed by atoms with Gasteiger partial charge < -0.3 is 5.73 Å². The minimum Gasteiger partial charge on any atom is -0.399 e. The minimum absolute atomic E-state index is 0.685. The van der Waals surface area contributed by atoms with Crippen LogP contribution in [0.3, 0.4) is 0 Å². The molecule has 0 aliphatic carbocycles. The van der Waals surface area contributed by atoms with Gasteiger partial charge in [0.2, 0.25) is 0 Å². The van der Waals surface area contributed by atoms with E-state index in [2.05, 4.69) is 31.5 Å². The van der Waals surface area contributed by atoms with Crippen LogP contribution in [0.15, 0.2) is 53.0 Å². The second-order valence-electron chi connectivity index (χ2n) is 3.99. The molecule has 0 bridgehead atoms. The zero-order valence-electron chi connectivity index (χ0n) is 9.86. The third-order valence-electron chi connectivity index (χ3n) is 2.70. The van der Waals surface area contributed by atoms with Gasteiger partial charge in [0.05, 0.1) is 5.69 Å². The van der Waals surface area contributed by atoms with Gasteiger partial charge in [-0.2, -0.15) is 4.68 Å². The number of anilines is 1. The molecule has 5 nitrogen and oxygen atoms in total. The lowest BCUT2D eigenvalue weighted by atomic mass is 10.2. The van der Waals surface area contributed by atoms with Crippen molar-refractivity contribution < 1.29 is 0 Å². The minimum atomic E-state index is 0.685. The number of nitrogens with zero attached hydrogens (tertiary/aromatic N) is 4. The SMILES string of the molecule is Nc1ccc(-n2nnnc2-c2ccccc2)c(Br)c1. The van der Waals surface area contributed by atoms with Crippen LogP contribution >= 0.6 is 15.9 Å². The predicted octanol–water partition coefficient (Wildman–Crippen LogP) is 2.67. The summed E-state index contributed by atoms with van der Waals surface area (Å²) in [4.78, 5) is 0. The van der Waals surface area contributed by atoms with Crippen LogP contribution in [0.5, 0.6) is 0 Å². The summed E-state index contributed by atoms with van der Waals surface area (Å²) in [5, 5.41) is 11.9. The van der Waals surface area contributed by atoms with Gasteiger partial charge in [-0.25, -0.2) is 0 Å². The first-order valence-electron chi connectivity index (χ1n) is 5.65. The Hall–Kier alpha value is -2.21. The first-order chi connectivity index (χ1) is 9.25. The number of nitrogen functional groups attached to an aromatic ring is 1. The summed E-state index contributed by atoms with van der Waals surface area (Å²) in [7, 11) is 0. The summed E-state index contributed by atoms with van der Waals surface area (Å²) in [6, 6.07) is 15.3. The van der Waals surface area contributed by atoms with Crippen LogP contribution < -0.4 is 5.73 Å². The van der Waals surface area contributed by atoms with Crippen molar-refractivity contribution in [2.45, 2.75) is 0 Å². The summed E-state index contributed by atoms with van der Waals surface area (Å²) < 4.78 is 2.52. The molecular weight excluding hydrogens is 306 g/mol. The molecule has 3 aromatic rings. The van der Waals surface area contributed by atoms with Gasteiger partial charge in [0, 0.05) is 15.7 Å². The van der Waals surface area contributed by atoms with E-state index in [1.807, 2.05) is 48.5 Å². The van der Waals surface area contributed by atoms with Gasteiger partial charge in [-0.3, -0.25) is 0 Å². The van der Waals surface area contributed by atoms with Gasteiger partial charge in [-0.05, 0) is 44.6 Å². The number of hydrogen-bond donors (Lipinski definition) is 1. The number of rotatable bonds is 2. The largest absolute Gasteiger partial charge is 0.399 e. The number of tetrazole rings is 1. The maximum atomic E-state index is 5.74. The average Bonchev–Trinajstić information content (AvgIpc) is 2.89. The van der Waals surface area contributed by atoms with Crippen LogP contribution in [0, 0.1) is 0 Å². The van der Waals surface area contributed by atoms with E-state index in [0.29, 0.717) is 11.5 Å². The number of halogens is 1. The Balaban J connectivity index is 2.15. The van der Waals surface area contributed by atoms with Gasteiger partial charge in [0.1, 0.15) is 0 Å². The van der Waals surface area contributed by atoms with E-state index in [0.717, 1.165) is 15.7 Å². The first-order valence-corrected chi connectivity index (χ1v) is 6.44. The van der Waals surface area contributed by atoms with Crippen molar-refractivity contribution in [3.8, 4) is 17.1 Å². The summed E-state index contributed by atoms with van der Waals surface area (Å²) in [6.07, 6.45) is 0. The lowest BCUT2D eigenvalue weighted by Gasteiger charge is -2.07. The smallest absolute Gasteiger partial charge is 0.187 e. The van der Waals surface area contributed by atoms with E-state index in [1.165, 1.54) is 0 Å². The highest BCUT2D eigenvalue weighted by Gasteiger charge is 2.12. The molecule has 3 rings (SSSR count). The van der Waals surface area contributed by atoms with Crippen LogP contribution in [0.1, 0.15) is 0 Å². The highest BCUT2D eigenvalue weighted by atomic mass is 79.9. The van der Waals surface area contributed by atoms with Crippen molar-refractivity contribution in [3.05, 3.63) is 53.0 Å². The summed E-state index contributed by atoms with van der Waals surface area (Å²) >= 11 is 3.48. The number of hydrogen-bond acceptors (Lipinski definition) is 4. The molecule has 2 aromatic carbocycles. The lowest BCUT2D eigenvalue weighted by Crippen LogP contribution is -2.01. The van der Waals surface area contributed by atoms with E-state index in [4.69, 9.17) is 5.73 Å². The molecule has 0 saturated carbocycles. The molecule has 0 atom stereocenters. The van der Waals surface area contributed by atoms with Crippen LogP contribution in [-0.2, 0) is 0 Å². The van der Waals surface area contributed by atoms with Crippen molar-refractivity contribution in [1.82, 2.24) is 20.2 Å². The van der Waals surface area contributed by atoms with Crippen LogP contribution in [-0.4, -0.2) is 20.2 Å². The number of aromatic nitrogens is 4. The maximum absolute atomic E-state index is 5.74. The molecule has 1 heterocycles. The molecule has 0 spiro atoms. The van der Waals surface area contributed by atoms with Crippen molar-refractivity contribution in [2.24, 2.45) is 0 Å². The van der Waals surface area contributed by atoms with Gasteiger partial charge in [-0.15, -0.1) is 5.10 Å². The van der Waals surface area contributed by atoms with Gasteiger partial charge >= 0.3 is 0 Å². The third kappa shape index (κ3) is 2.22. The Morgan fingerprint density at radius 1 is 1.05 bits per heavy atom. The fourth-order valence-corrected chi connectivity index (χ4v) is 2.38. The standard InChI is InChI=1S/C13H10BrN5/c14-11-8-10(15)6-7-12(11)19-13(16-17-18-19)9-4-2-1-3-5-9/h1-8H,15H2. The Kier molecular flexibility index (Phi) is 3.00. The van der Waals surface area contributed by atoms with Crippen molar-refractivity contribution in [1.29, 1.82) is 0 Å². The predicted molar refractivity (Wildman–Crippen MR) is 76.7 cm³/mol. The fourth-order valence-electron chi connectivity index (χ4n) is 1.81. The van der Waals surface area contributed by atoms with Crippen LogP contribution in [0.4, 0.5) is 5.69 Å².